The van der Waals surface area contributed by atoms with Crippen molar-refractivity contribution in [1.29, 1.82) is 0 Å². The molecule has 0 aromatic heterocycles. The van der Waals surface area contributed by atoms with Crippen LogP contribution in [0.15, 0.2) is 24.3 Å². The molecule has 0 bridgehead atoms. The van der Waals surface area contributed by atoms with Gasteiger partial charge in [0.25, 0.3) is 5.69 Å². The zero-order valence-corrected chi connectivity index (χ0v) is 12.5. The predicted octanol–water partition coefficient (Wildman–Crippen LogP) is 3.82. The summed E-state index contributed by atoms with van der Waals surface area (Å²) in [5.41, 5.74) is 1.24. The van der Waals surface area contributed by atoms with Crippen molar-refractivity contribution < 1.29 is 14.5 Å². The average Bonchev–Trinajstić information content (AvgIpc) is 2.47. The third kappa shape index (κ3) is 4.03. The summed E-state index contributed by atoms with van der Waals surface area (Å²) in [5.74, 6) is 0.294. The van der Waals surface area contributed by atoms with Gasteiger partial charge in [-0.15, -0.1) is 0 Å². The van der Waals surface area contributed by atoms with E-state index in [4.69, 9.17) is 4.74 Å². The van der Waals surface area contributed by atoms with Crippen molar-refractivity contribution >= 4 is 11.7 Å². The number of hydrogen-bond acceptors (Lipinski definition) is 4. The van der Waals surface area contributed by atoms with Gasteiger partial charge < -0.3 is 4.74 Å². The van der Waals surface area contributed by atoms with Crippen LogP contribution in [0.5, 0.6) is 0 Å². The number of hydrogen-bond donors (Lipinski definition) is 0. The minimum Gasteiger partial charge on any atom is -0.463 e. The SMILES string of the molecule is CC(C)OC(=O)[C@H]1CC[C@@H](c2ccc([N+](=O)[O-])cc2)CC1. The monoisotopic (exact) mass is 291 g/mol. The molecule has 1 fully saturated rings. The van der Waals surface area contributed by atoms with Gasteiger partial charge in [-0.2, -0.15) is 0 Å². The Bertz CT molecular complexity index is 502. The second kappa shape index (κ2) is 6.70. The maximum atomic E-state index is 11.9. The Morgan fingerprint density at radius 2 is 1.76 bits per heavy atom. The van der Waals surface area contributed by atoms with E-state index in [9.17, 15) is 14.9 Å². The van der Waals surface area contributed by atoms with Crippen LogP contribution in [0.4, 0.5) is 5.69 Å². The van der Waals surface area contributed by atoms with Gasteiger partial charge in [0.2, 0.25) is 0 Å². The van der Waals surface area contributed by atoms with E-state index in [1.165, 1.54) is 0 Å². The molecule has 1 aliphatic rings. The number of nitro groups is 1. The van der Waals surface area contributed by atoms with Gasteiger partial charge in [-0.3, -0.25) is 14.9 Å². The molecular formula is C16H21NO4. The molecule has 114 valence electrons. The molecule has 21 heavy (non-hydrogen) atoms. The molecule has 0 atom stereocenters. The summed E-state index contributed by atoms with van der Waals surface area (Å²) in [7, 11) is 0. The smallest absolute Gasteiger partial charge is 0.309 e. The van der Waals surface area contributed by atoms with Crippen molar-refractivity contribution in [1.82, 2.24) is 0 Å². The zero-order chi connectivity index (χ0) is 15.4. The third-order valence-electron chi connectivity index (χ3n) is 3.99. The Morgan fingerprint density at radius 1 is 1.19 bits per heavy atom. The van der Waals surface area contributed by atoms with Crippen LogP contribution in [0.2, 0.25) is 0 Å². The standard InChI is InChI=1S/C16H21NO4/c1-11(2)21-16(18)14-5-3-12(4-6-14)13-7-9-15(10-8-13)17(19)20/h7-12,14H,3-6H2,1-2H3/t12-,14+. The fourth-order valence-corrected chi connectivity index (χ4v) is 2.86. The molecule has 0 spiro atoms. The van der Waals surface area contributed by atoms with Crippen LogP contribution in [0, 0.1) is 16.0 Å². The van der Waals surface area contributed by atoms with Gasteiger partial charge in [0.15, 0.2) is 0 Å². The second-order valence-corrected chi connectivity index (χ2v) is 5.88. The van der Waals surface area contributed by atoms with Crippen molar-refractivity contribution in [2.45, 2.75) is 51.6 Å². The highest BCUT2D eigenvalue weighted by Gasteiger charge is 2.28. The molecule has 0 unspecified atom stereocenters. The second-order valence-electron chi connectivity index (χ2n) is 5.88. The zero-order valence-electron chi connectivity index (χ0n) is 12.5. The minimum absolute atomic E-state index is 0.00157. The third-order valence-corrected chi connectivity index (χ3v) is 3.99. The molecule has 1 saturated carbocycles. The average molecular weight is 291 g/mol. The molecule has 0 amide bonds. The summed E-state index contributed by atoms with van der Waals surface area (Å²) < 4.78 is 5.26. The van der Waals surface area contributed by atoms with Crippen LogP contribution in [-0.2, 0) is 9.53 Å². The number of carbonyl (C=O) groups excluding carboxylic acids is 1. The van der Waals surface area contributed by atoms with Crippen molar-refractivity contribution in [3.63, 3.8) is 0 Å². The van der Waals surface area contributed by atoms with Gasteiger partial charge >= 0.3 is 5.97 Å². The van der Waals surface area contributed by atoms with Gasteiger partial charge in [-0.05, 0) is 51.0 Å². The van der Waals surface area contributed by atoms with Crippen molar-refractivity contribution in [3.05, 3.63) is 39.9 Å². The Morgan fingerprint density at radius 3 is 2.24 bits per heavy atom. The van der Waals surface area contributed by atoms with E-state index in [1.807, 2.05) is 26.0 Å². The van der Waals surface area contributed by atoms with Crippen LogP contribution in [0.1, 0.15) is 51.0 Å². The first-order valence-electron chi connectivity index (χ1n) is 7.42. The number of nitro benzene ring substituents is 1. The van der Waals surface area contributed by atoms with E-state index in [1.54, 1.807) is 12.1 Å². The molecule has 0 saturated heterocycles. The summed E-state index contributed by atoms with van der Waals surface area (Å²) in [6, 6.07) is 6.76. The maximum absolute atomic E-state index is 11.9. The van der Waals surface area contributed by atoms with Crippen molar-refractivity contribution in [2.75, 3.05) is 0 Å². The highest BCUT2D eigenvalue weighted by atomic mass is 16.6. The molecule has 0 aliphatic heterocycles. The molecule has 5 heteroatoms. The van der Waals surface area contributed by atoms with E-state index in [0.717, 1.165) is 31.2 Å². The first kappa shape index (κ1) is 15.5. The highest BCUT2D eigenvalue weighted by Crippen LogP contribution is 2.36. The van der Waals surface area contributed by atoms with Crippen molar-refractivity contribution in [2.24, 2.45) is 5.92 Å². The molecule has 1 aromatic carbocycles. The van der Waals surface area contributed by atoms with Gasteiger partial charge in [-0.25, -0.2) is 0 Å². The normalized spacial score (nSPS) is 22.0. The molecule has 1 aliphatic carbocycles. The fraction of sp³-hybridized carbons (Fsp3) is 0.562. The fourth-order valence-electron chi connectivity index (χ4n) is 2.86. The molecule has 0 heterocycles. The molecule has 0 N–H and O–H groups in total. The van der Waals surface area contributed by atoms with E-state index >= 15 is 0 Å². The van der Waals surface area contributed by atoms with E-state index in [2.05, 4.69) is 0 Å². The number of nitrogens with zero attached hydrogens (tertiary/aromatic N) is 1. The number of carbonyl (C=O) groups is 1. The van der Waals surface area contributed by atoms with Gasteiger partial charge in [-0.1, -0.05) is 12.1 Å². The Balaban J connectivity index is 1.91. The molecular weight excluding hydrogens is 270 g/mol. The summed E-state index contributed by atoms with van der Waals surface area (Å²) in [5, 5.41) is 10.6. The maximum Gasteiger partial charge on any atom is 0.309 e. The predicted molar refractivity (Wildman–Crippen MR) is 79.0 cm³/mol. The van der Waals surface area contributed by atoms with Crippen LogP contribution in [-0.4, -0.2) is 17.0 Å². The highest BCUT2D eigenvalue weighted by molar-refractivity contribution is 5.72. The lowest BCUT2D eigenvalue weighted by Gasteiger charge is -2.28. The first-order valence-corrected chi connectivity index (χ1v) is 7.42. The van der Waals surface area contributed by atoms with E-state index < -0.39 is 0 Å². The van der Waals surface area contributed by atoms with Crippen LogP contribution >= 0.6 is 0 Å². The van der Waals surface area contributed by atoms with Crippen LogP contribution < -0.4 is 0 Å². The number of esters is 1. The Kier molecular flexibility index (Phi) is 4.94. The molecule has 0 radical (unpaired) electrons. The molecule has 5 nitrogen and oxygen atoms in total. The largest absolute Gasteiger partial charge is 0.463 e. The first-order chi connectivity index (χ1) is 9.97. The number of ether oxygens (including phenoxy) is 1. The molecule has 1 aromatic rings. The lowest BCUT2D eigenvalue weighted by Crippen LogP contribution is -2.25. The summed E-state index contributed by atoms with van der Waals surface area (Å²) in [6.45, 7) is 3.72. The lowest BCUT2D eigenvalue weighted by atomic mass is 9.78. The molecule has 2 rings (SSSR count). The topological polar surface area (TPSA) is 69.4 Å². The Labute approximate surface area is 124 Å². The van der Waals surface area contributed by atoms with E-state index in [0.29, 0.717) is 5.92 Å². The van der Waals surface area contributed by atoms with Crippen LogP contribution in [0.25, 0.3) is 0 Å². The summed E-state index contributed by atoms with van der Waals surface area (Å²) in [6.07, 6.45) is 3.44. The quantitative estimate of drug-likeness (QED) is 0.480. The lowest BCUT2D eigenvalue weighted by molar-refractivity contribution is -0.384. The van der Waals surface area contributed by atoms with Crippen LogP contribution in [0.3, 0.4) is 0 Å². The number of benzene rings is 1. The number of rotatable bonds is 4. The Hall–Kier alpha value is -1.91. The van der Waals surface area contributed by atoms with Gasteiger partial charge in [0.1, 0.15) is 0 Å². The van der Waals surface area contributed by atoms with Crippen molar-refractivity contribution in [3.8, 4) is 0 Å². The minimum atomic E-state index is -0.386. The summed E-state index contributed by atoms with van der Waals surface area (Å²) >= 11 is 0. The van der Waals surface area contributed by atoms with Gasteiger partial charge in [0.05, 0.1) is 16.9 Å². The van der Waals surface area contributed by atoms with E-state index in [-0.39, 0.29) is 28.6 Å². The van der Waals surface area contributed by atoms with Gasteiger partial charge in [0, 0.05) is 12.1 Å². The number of non-ortho nitro benzene ring substituents is 1. The summed E-state index contributed by atoms with van der Waals surface area (Å²) in [4.78, 5) is 22.1.